The molecule has 1 amide bonds. The topological polar surface area (TPSA) is 67.9 Å². The number of aromatic nitrogens is 1. The summed E-state index contributed by atoms with van der Waals surface area (Å²) in [5, 5.41) is 1.57. The van der Waals surface area contributed by atoms with Crippen LogP contribution < -0.4 is 0 Å². The first-order valence-corrected chi connectivity index (χ1v) is 11.1. The Morgan fingerprint density at radius 3 is 2.72 bits per heavy atom. The Kier molecular flexibility index (Phi) is 4.77. The molecule has 4 heterocycles. The Morgan fingerprint density at radius 2 is 1.93 bits per heavy atom. The standard InChI is InChI=1S/C21H19N3O3S2/c1-12-10-24(11-13(2)26-12)21-23-19(25)18(29-21)9-14-7-8-16(27-14)20-22-15-5-3-4-6-17(15)28-20/h3-9,12-13H,10-11H2,1-2H3. The van der Waals surface area contributed by atoms with Crippen LogP contribution >= 0.6 is 23.1 Å². The van der Waals surface area contributed by atoms with Crippen LogP contribution in [0.4, 0.5) is 0 Å². The van der Waals surface area contributed by atoms with E-state index in [1.165, 1.54) is 11.8 Å². The lowest BCUT2D eigenvalue weighted by Crippen LogP contribution is -2.47. The second-order valence-electron chi connectivity index (χ2n) is 7.16. The first kappa shape index (κ1) is 18.6. The minimum absolute atomic E-state index is 0.117. The highest BCUT2D eigenvalue weighted by Crippen LogP contribution is 2.34. The van der Waals surface area contributed by atoms with Crippen molar-refractivity contribution in [2.24, 2.45) is 4.99 Å². The lowest BCUT2D eigenvalue weighted by Gasteiger charge is -2.35. The number of thiazole rings is 1. The molecular formula is C21H19N3O3S2. The Labute approximate surface area is 176 Å². The molecule has 0 N–H and O–H groups in total. The van der Waals surface area contributed by atoms with Crippen LogP contribution in [-0.2, 0) is 9.53 Å². The molecule has 1 fully saturated rings. The van der Waals surface area contributed by atoms with Crippen molar-refractivity contribution in [3.05, 3.63) is 47.1 Å². The van der Waals surface area contributed by atoms with E-state index >= 15 is 0 Å². The van der Waals surface area contributed by atoms with Gasteiger partial charge in [-0.15, -0.1) is 11.3 Å². The summed E-state index contributed by atoms with van der Waals surface area (Å²) in [6, 6.07) is 11.8. The van der Waals surface area contributed by atoms with Crippen molar-refractivity contribution in [2.45, 2.75) is 26.1 Å². The van der Waals surface area contributed by atoms with Crippen LogP contribution in [0, 0.1) is 0 Å². The number of carbonyl (C=O) groups is 1. The maximum atomic E-state index is 12.4. The minimum atomic E-state index is -0.227. The number of aliphatic imine (C=N–C) groups is 1. The minimum Gasteiger partial charge on any atom is -0.454 e. The molecule has 1 saturated heterocycles. The van der Waals surface area contributed by atoms with Gasteiger partial charge in [-0.25, -0.2) is 4.98 Å². The molecule has 2 aromatic heterocycles. The highest BCUT2D eigenvalue weighted by Gasteiger charge is 2.31. The molecule has 2 aliphatic heterocycles. The normalized spacial score (nSPS) is 23.9. The number of ether oxygens (including phenoxy) is 1. The second-order valence-corrected chi connectivity index (χ2v) is 9.20. The van der Waals surface area contributed by atoms with E-state index in [1.807, 2.05) is 50.2 Å². The summed E-state index contributed by atoms with van der Waals surface area (Å²) in [4.78, 5) is 24.0. The summed E-state index contributed by atoms with van der Waals surface area (Å²) in [7, 11) is 0. The van der Waals surface area contributed by atoms with Crippen molar-refractivity contribution < 1.29 is 13.9 Å². The van der Waals surface area contributed by atoms with Gasteiger partial charge in [0.25, 0.3) is 5.91 Å². The average Bonchev–Trinajstić information content (AvgIpc) is 3.40. The van der Waals surface area contributed by atoms with Gasteiger partial charge in [-0.1, -0.05) is 12.1 Å². The van der Waals surface area contributed by atoms with Crippen LogP contribution in [0.5, 0.6) is 0 Å². The monoisotopic (exact) mass is 425 g/mol. The van der Waals surface area contributed by atoms with Crippen molar-refractivity contribution in [3.8, 4) is 10.8 Å². The molecule has 0 aliphatic carbocycles. The molecule has 5 rings (SSSR count). The van der Waals surface area contributed by atoms with Crippen molar-refractivity contribution in [2.75, 3.05) is 13.1 Å². The first-order chi connectivity index (χ1) is 14.0. The highest BCUT2D eigenvalue weighted by molar-refractivity contribution is 8.18. The van der Waals surface area contributed by atoms with E-state index in [4.69, 9.17) is 9.15 Å². The molecule has 0 spiro atoms. The number of furan rings is 1. The number of benzene rings is 1. The number of rotatable bonds is 2. The van der Waals surface area contributed by atoms with Gasteiger partial charge in [-0.05, 0) is 49.9 Å². The van der Waals surface area contributed by atoms with E-state index in [2.05, 4.69) is 14.9 Å². The fourth-order valence-electron chi connectivity index (χ4n) is 3.52. The van der Waals surface area contributed by atoms with E-state index in [0.717, 1.165) is 33.5 Å². The van der Waals surface area contributed by atoms with Gasteiger partial charge < -0.3 is 14.1 Å². The lowest BCUT2D eigenvalue weighted by molar-refractivity contribution is -0.113. The van der Waals surface area contributed by atoms with Gasteiger partial charge in [0.1, 0.15) is 5.76 Å². The molecule has 0 radical (unpaired) electrons. The summed E-state index contributed by atoms with van der Waals surface area (Å²) in [5.74, 6) is 1.09. The molecule has 2 aliphatic rings. The van der Waals surface area contributed by atoms with Crippen LogP contribution in [0.1, 0.15) is 19.6 Å². The van der Waals surface area contributed by atoms with Gasteiger partial charge in [-0.3, -0.25) is 4.79 Å². The molecule has 0 bridgehead atoms. The van der Waals surface area contributed by atoms with E-state index in [0.29, 0.717) is 16.4 Å². The Bertz CT molecular complexity index is 1100. The number of amidine groups is 1. The zero-order valence-electron chi connectivity index (χ0n) is 16.0. The number of carbonyl (C=O) groups excluding carboxylic acids is 1. The smallest absolute Gasteiger partial charge is 0.286 e. The van der Waals surface area contributed by atoms with Gasteiger partial charge in [0.05, 0.1) is 27.3 Å². The number of thioether (sulfide) groups is 1. The summed E-state index contributed by atoms with van der Waals surface area (Å²) in [6.45, 7) is 5.54. The van der Waals surface area contributed by atoms with E-state index in [9.17, 15) is 4.79 Å². The number of morpholine rings is 1. The number of hydrogen-bond acceptors (Lipinski definition) is 7. The van der Waals surface area contributed by atoms with Crippen LogP contribution in [-0.4, -0.2) is 46.3 Å². The molecule has 2 atom stereocenters. The van der Waals surface area contributed by atoms with Crippen molar-refractivity contribution in [1.29, 1.82) is 0 Å². The zero-order valence-corrected chi connectivity index (χ0v) is 17.6. The third-order valence-corrected chi connectivity index (χ3v) is 6.80. The maximum absolute atomic E-state index is 12.4. The van der Waals surface area contributed by atoms with Gasteiger partial charge in [0, 0.05) is 19.2 Å². The number of para-hydroxylation sites is 1. The van der Waals surface area contributed by atoms with E-state index < -0.39 is 0 Å². The van der Waals surface area contributed by atoms with Crippen molar-refractivity contribution in [3.63, 3.8) is 0 Å². The fraction of sp³-hybridized carbons (Fsp3) is 0.286. The van der Waals surface area contributed by atoms with E-state index in [-0.39, 0.29) is 18.1 Å². The molecule has 3 aromatic rings. The first-order valence-electron chi connectivity index (χ1n) is 9.44. The predicted octanol–water partition coefficient (Wildman–Crippen LogP) is 4.64. The molecule has 148 valence electrons. The second kappa shape index (κ2) is 7.44. The van der Waals surface area contributed by atoms with Crippen molar-refractivity contribution in [1.82, 2.24) is 9.88 Å². The molecular weight excluding hydrogens is 406 g/mol. The highest BCUT2D eigenvalue weighted by atomic mass is 32.2. The lowest BCUT2D eigenvalue weighted by atomic mass is 10.2. The molecule has 8 heteroatoms. The number of amides is 1. The van der Waals surface area contributed by atoms with Crippen LogP contribution in [0.15, 0.2) is 50.7 Å². The maximum Gasteiger partial charge on any atom is 0.286 e. The summed E-state index contributed by atoms with van der Waals surface area (Å²) in [6.07, 6.45) is 1.99. The Morgan fingerprint density at radius 1 is 1.14 bits per heavy atom. The van der Waals surface area contributed by atoms with Gasteiger partial charge >= 0.3 is 0 Å². The number of nitrogens with zero attached hydrogens (tertiary/aromatic N) is 3. The molecule has 2 unspecified atom stereocenters. The molecule has 29 heavy (non-hydrogen) atoms. The van der Waals surface area contributed by atoms with Gasteiger partial charge in [-0.2, -0.15) is 4.99 Å². The van der Waals surface area contributed by atoms with Crippen LogP contribution in [0.3, 0.4) is 0 Å². The summed E-state index contributed by atoms with van der Waals surface area (Å²) < 4.78 is 12.8. The average molecular weight is 426 g/mol. The van der Waals surface area contributed by atoms with Crippen LogP contribution in [0.25, 0.3) is 27.1 Å². The van der Waals surface area contributed by atoms with Crippen LogP contribution in [0.2, 0.25) is 0 Å². The molecule has 6 nitrogen and oxygen atoms in total. The molecule has 1 aromatic carbocycles. The largest absolute Gasteiger partial charge is 0.454 e. The third kappa shape index (κ3) is 3.75. The number of hydrogen-bond donors (Lipinski definition) is 0. The zero-order chi connectivity index (χ0) is 20.0. The third-order valence-electron chi connectivity index (χ3n) is 4.70. The van der Waals surface area contributed by atoms with E-state index in [1.54, 1.807) is 17.4 Å². The number of fused-ring (bicyclic) bond motifs is 1. The predicted molar refractivity (Wildman–Crippen MR) is 117 cm³/mol. The SMILES string of the molecule is CC1CN(C2=NC(=O)C(=Cc3ccc(-c4nc5ccccc5s4)o3)S2)CC(C)O1. The summed E-state index contributed by atoms with van der Waals surface area (Å²) in [5.41, 5.74) is 0.956. The Balaban J connectivity index is 1.34. The molecule has 0 saturated carbocycles. The summed E-state index contributed by atoms with van der Waals surface area (Å²) >= 11 is 2.98. The van der Waals surface area contributed by atoms with Gasteiger partial charge in [0.15, 0.2) is 15.9 Å². The Hall–Kier alpha value is -2.42. The van der Waals surface area contributed by atoms with Crippen molar-refractivity contribution >= 4 is 50.5 Å². The van der Waals surface area contributed by atoms with Gasteiger partial charge in [0.2, 0.25) is 0 Å². The fourth-order valence-corrected chi connectivity index (χ4v) is 5.36. The quantitative estimate of drug-likeness (QED) is 0.558.